The second-order valence-electron chi connectivity index (χ2n) is 12.0. The third kappa shape index (κ3) is 6.91. The smallest absolute Gasteiger partial charge is 0.411 e. The average Bonchev–Trinajstić information content (AvgIpc) is 3.57. The number of carbonyl (C=O) groups excluding carboxylic acids is 1. The summed E-state index contributed by atoms with van der Waals surface area (Å²) in [6.45, 7) is 5.40. The molecule has 4 aromatic rings. The Balaban J connectivity index is 1.65. The third-order valence-electron chi connectivity index (χ3n) is 8.74. The highest BCUT2D eigenvalue weighted by molar-refractivity contribution is 7.92. The van der Waals surface area contributed by atoms with E-state index in [2.05, 4.69) is 10.3 Å². The Hall–Kier alpha value is -5.11. The molecule has 1 aliphatic rings. The van der Waals surface area contributed by atoms with Crippen molar-refractivity contribution >= 4 is 49.8 Å². The summed E-state index contributed by atoms with van der Waals surface area (Å²) in [6, 6.07) is 11.9. The summed E-state index contributed by atoms with van der Waals surface area (Å²) in [4.78, 5) is 33.3. The minimum atomic E-state index is -3.85. The lowest BCUT2D eigenvalue weighted by atomic mass is 9.99. The van der Waals surface area contributed by atoms with Gasteiger partial charge in [-0.2, -0.15) is 0 Å². The van der Waals surface area contributed by atoms with Crippen LogP contribution in [0.5, 0.6) is 11.5 Å². The molecule has 4 N–H and O–H groups in total. The second-order valence-corrected chi connectivity index (χ2v) is 14.5. The van der Waals surface area contributed by atoms with E-state index in [9.17, 15) is 23.1 Å². The van der Waals surface area contributed by atoms with Gasteiger partial charge >= 0.3 is 6.09 Å². The number of rotatable bonds is 11. The Kier molecular flexibility index (Phi) is 10.2. The number of hydrogen-bond acceptors (Lipinski definition) is 9. The van der Waals surface area contributed by atoms with Crippen molar-refractivity contribution in [1.29, 1.82) is 0 Å². The summed E-state index contributed by atoms with van der Waals surface area (Å²) in [5.74, 6) is -0.504. The molecule has 12 nitrogen and oxygen atoms in total. The van der Waals surface area contributed by atoms with Gasteiger partial charge in [0.2, 0.25) is 5.91 Å². The van der Waals surface area contributed by atoms with Gasteiger partial charge in [-0.05, 0) is 93.1 Å². The number of benzene rings is 3. The zero-order valence-corrected chi connectivity index (χ0v) is 28.8. The van der Waals surface area contributed by atoms with Crippen LogP contribution in [-0.4, -0.2) is 68.0 Å². The summed E-state index contributed by atoms with van der Waals surface area (Å²) in [5, 5.41) is 13.6. The highest BCUT2D eigenvalue weighted by Gasteiger charge is 2.39. The number of anilines is 3. The number of amides is 2. The molecule has 0 radical (unpaired) electrons. The van der Waals surface area contributed by atoms with Gasteiger partial charge in [0.05, 0.1) is 29.9 Å². The summed E-state index contributed by atoms with van der Waals surface area (Å²) < 4.78 is 54.3. The van der Waals surface area contributed by atoms with Gasteiger partial charge in [-0.25, -0.2) is 22.6 Å². The van der Waals surface area contributed by atoms with Gasteiger partial charge < -0.3 is 30.5 Å². The zero-order valence-electron chi connectivity index (χ0n) is 27.9. The molecule has 2 amide bonds. The molecule has 1 saturated heterocycles. The predicted molar refractivity (Wildman–Crippen MR) is 186 cm³/mol. The molecule has 2 atom stereocenters. The molecule has 0 saturated carbocycles. The van der Waals surface area contributed by atoms with Crippen molar-refractivity contribution in [2.45, 2.75) is 55.8 Å². The van der Waals surface area contributed by atoms with Crippen LogP contribution < -0.4 is 25.4 Å². The molecule has 5 rings (SSSR count). The molecule has 0 aliphatic carbocycles. The maximum absolute atomic E-state index is 16.0. The maximum Gasteiger partial charge on any atom is 0.411 e. The lowest BCUT2D eigenvalue weighted by molar-refractivity contribution is -0.133. The molecule has 49 heavy (non-hydrogen) atoms. The molecule has 0 spiro atoms. The number of pyridine rings is 1. The normalized spacial score (nSPS) is 15.3. The van der Waals surface area contributed by atoms with Gasteiger partial charge in [0.1, 0.15) is 17.7 Å². The van der Waals surface area contributed by atoms with Crippen LogP contribution in [0.25, 0.3) is 10.8 Å². The number of carboxylic acid groups (broad SMARTS) is 1. The van der Waals surface area contributed by atoms with E-state index in [1.165, 1.54) is 43.3 Å². The Bertz CT molecular complexity index is 2010. The number of aromatic nitrogens is 1. The first-order chi connectivity index (χ1) is 23.3. The van der Waals surface area contributed by atoms with E-state index in [1.807, 2.05) is 0 Å². The van der Waals surface area contributed by atoms with E-state index in [0.717, 1.165) is 16.4 Å². The van der Waals surface area contributed by atoms with E-state index >= 15 is 4.39 Å². The molecule has 1 aromatic heterocycles. The van der Waals surface area contributed by atoms with Gasteiger partial charge in [-0.3, -0.25) is 9.69 Å². The van der Waals surface area contributed by atoms with E-state index in [1.54, 1.807) is 51.2 Å². The minimum absolute atomic E-state index is 0.00855. The molecule has 1 fully saturated rings. The van der Waals surface area contributed by atoms with Gasteiger partial charge in [0.15, 0.2) is 21.3 Å². The Morgan fingerprint density at radius 3 is 2.57 bits per heavy atom. The quantitative estimate of drug-likeness (QED) is 0.165. The fraction of sp³-hybridized carbons (Fsp3) is 0.343. The topological polar surface area (TPSA) is 164 Å². The lowest BCUT2D eigenvalue weighted by Gasteiger charge is -2.32. The van der Waals surface area contributed by atoms with Crippen LogP contribution >= 0.6 is 0 Å². The summed E-state index contributed by atoms with van der Waals surface area (Å²) in [5.41, 5.74) is 7.07. The number of fused-ring (bicyclic) bond motifs is 1. The number of nitrogen functional groups attached to an aromatic ring is 1. The SMILES string of the molecule is CCOc1cc([C@H](Nc2ccc3c(N)nccc3c2)C(=O)N2CCC[C@@H]2c2cc(N(C)C(=O)O)ccc2S(=O)(=O)C(C)C)c(F)cc1OC. The first kappa shape index (κ1) is 35.2. The number of halogens is 1. The first-order valence-corrected chi connectivity index (χ1v) is 17.4. The molecule has 0 bridgehead atoms. The van der Waals surface area contributed by atoms with Crippen molar-refractivity contribution in [3.05, 3.63) is 77.7 Å². The van der Waals surface area contributed by atoms with E-state index in [0.29, 0.717) is 35.3 Å². The number of likely N-dealkylation sites (tertiary alicyclic amines) is 1. The number of carbonyl (C=O) groups is 2. The van der Waals surface area contributed by atoms with Crippen LogP contribution in [0.3, 0.4) is 0 Å². The molecule has 14 heteroatoms. The maximum atomic E-state index is 16.0. The fourth-order valence-electron chi connectivity index (χ4n) is 6.08. The number of nitrogens with one attached hydrogen (secondary N) is 1. The van der Waals surface area contributed by atoms with Crippen molar-refractivity contribution in [2.24, 2.45) is 0 Å². The molecule has 2 heterocycles. The predicted octanol–water partition coefficient (Wildman–Crippen LogP) is 6.18. The van der Waals surface area contributed by atoms with Crippen LogP contribution in [0.2, 0.25) is 0 Å². The monoisotopic (exact) mass is 693 g/mol. The highest BCUT2D eigenvalue weighted by Crippen LogP contribution is 2.42. The molecule has 3 aromatic carbocycles. The molecule has 0 unspecified atom stereocenters. The Morgan fingerprint density at radius 2 is 1.90 bits per heavy atom. The fourth-order valence-corrected chi connectivity index (χ4v) is 7.37. The van der Waals surface area contributed by atoms with Gasteiger partial charge in [-0.15, -0.1) is 0 Å². The zero-order chi connectivity index (χ0) is 35.6. The largest absolute Gasteiger partial charge is 0.493 e. The number of hydrogen-bond donors (Lipinski definition) is 3. The highest BCUT2D eigenvalue weighted by atomic mass is 32.2. The van der Waals surface area contributed by atoms with E-state index in [4.69, 9.17) is 15.2 Å². The van der Waals surface area contributed by atoms with Gasteiger partial charge in [0, 0.05) is 48.2 Å². The van der Waals surface area contributed by atoms with Crippen molar-refractivity contribution in [3.8, 4) is 11.5 Å². The van der Waals surface area contributed by atoms with Gasteiger partial charge in [-0.1, -0.05) is 0 Å². The Labute approximate surface area is 284 Å². The number of ether oxygens (including phenoxy) is 2. The molecular weight excluding hydrogens is 653 g/mol. The first-order valence-electron chi connectivity index (χ1n) is 15.8. The van der Waals surface area contributed by atoms with Crippen molar-refractivity contribution in [3.63, 3.8) is 0 Å². The van der Waals surface area contributed by atoms with E-state index in [-0.39, 0.29) is 40.8 Å². The number of sulfone groups is 1. The third-order valence-corrected chi connectivity index (χ3v) is 11.0. The summed E-state index contributed by atoms with van der Waals surface area (Å²) in [7, 11) is -1.11. The standard InChI is InChI=1S/C35H40FN5O7S/c1-6-48-30-18-25(27(36)19-29(30)47-5)32(39-22-9-11-24-21(16-22)13-14-38-33(24)37)34(42)41-15-7-8-28(41)26-17-23(40(4)35(43)44)10-12-31(26)49(45,46)20(2)3/h9-14,16-20,28,32,39H,6-8,15H2,1-5H3,(H2,37,38)(H,43,44)/t28-,32+/m1/s1. The second kappa shape index (κ2) is 14.2. The molecule has 260 valence electrons. The lowest BCUT2D eigenvalue weighted by Crippen LogP contribution is -2.38. The Morgan fingerprint density at radius 1 is 1.14 bits per heavy atom. The van der Waals surface area contributed by atoms with Crippen LogP contribution in [0, 0.1) is 5.82 Å². The molecular formula is C35H40FN5O7S. The van der Waals surface area contributed by atoms with Crippen LogP contribution in [0.15, 0.2) is 65.7 Å². The summed E-state index contributed by atoms with van der Waals surface area (Å²) in [6.07, 6.45) is 1.26. The average molecular weight is 694 g/mol. The summed E-state index contributed by atoms with van der Waals surface area (Å²) >= 11 is 0. The van der Waals surface area contributed by atoms with E-state index < -0.39 is 45.0 Å². The number of methoxy groups -OCH3 is 1. The minimum Gasteiger partial charge on any atom is -0.493 e. The number of nitrogens with zero attached hydrogens (tertiary/aromatic N) is 3. The van der Waals surface area contributed by atoms with Crippen molar-refractivity contribution in [1.82, 2.24) is 9.88 Å². The van der Waals surface area contributed by atoms with Gasteiger partial charge in [0.25, 0.3) is 0 Å². The molecule has 1 aliphatic heterocycles. The van der Waals surface area contributed by atoms with Crippen LogP contribution in [0.4, 0.5) is 26.4 Å². The number of nitrogens with two attached hydrogens (primary N) is 1. The van der Waals surface area contributed by atoms with Crippen molar-refractivity contribution < 1.29 is 37.0 Å². The van der Waals surface area contributed by atoms with Crippen LogP contribution in [0.1, 0.15) is 56.8 Å². The van der Waals surface area contributed by atoms with Crippen molar-refractivity contribution in [2.75, 3.05) is 43.3 Å². The van der Waals surface area contributed by atoms with Crippen LogP contribution in [-0.2, 0) is 14.6 Å².